The van der Waals surface area contributed by atoms with Crippen molar-refractivity contribution in [3.05, 3.63) is 66.5 Å². The number of rotatable bonds is 9. The molecule has 0 radical (unpaired) electrons. The van der Waals surface area contributed by atoms with Crippen molar-refractivity contribution < 1.29 is 13.2 Å². The van der Waals surface area contributed by atoms with E-state index in [1.807, 2.05) is 31.2 Å². The largest absolute Gasteiger partial charge is 0.497 e. The Morgan fingerprint density at radius 2 is 1.77 bits per heavy atom. The molecule has 0 aliphatic carbocycles. The number of sulfonamides is 1. The third-order valence-electron chi connectivity index (χ3n) is 4.48. The van der Waals surface area contributed by atoms with Crippen molar-refractivity contribution in [1.82, 2.24) is 15.0 Å². The Kier molecular flexibility index (Phi) is 10.5. The first-order valence-electron chi connectivity index (χ1n) is 9.18. The predicted molar refractivity (Wildman–Crippen MR) is 126 cm³/mol. The van der Waals surface area contributed by atoms with Crippen molar-refractivity contribution in [3.8, 4) is 5.75 Å². The minimum Gasteiger partial charge on any atom is -0.497 e. The highest BCUT2D eigenvalue weighted by Gasteiger charge is 2.17. The van der Waals surface area contributed by atoms with E-state index < -0.39 is 10.0 Å². The van der Waals surface area contributed by atoms with E-state index in [1.54, 1.807) is 43.8 Å². The van der Waals surface area contributed by atoms with Crippen LogP contribution in [0.4, 0.5) is 0 Å². The summed E-state index contributed by atoms with van der Waals surface area (Å²) < 4.78 is 33.1. The quantitative estimate of drug-likeness (QED) is 0.466. The lowest BCUT2D eigenvalue weighted by Gasteiger charge is -2.15. The summed E-state index contributed by atoms with van der Waals surface area (Å²) in [5, 5.41) is 5.06. The molecule has 0 aliphatic rings. The molecule has 1 heterocycles. The van der Waals surface area contributed by atoms with E-state index in [-0.39, 0.29) is 35.8 Å². The maximum absolute atomic E-state index is 12.6. The van der Waals surface area contributed by atoms with Gasteiger partial charge in [-0.2, -0.15) is 0 Å². The van der Waals surface area contributed by atoms with Crippen LogP contribution in [-0.2, 0) is 16.4 Å². The molecule has 0 spiro atoms. The molecule has 0 amide bonds. The topological polar surface area (TPSA) is 80.3 Å². The van der Waals surface area contributed by atoms with Gasteiger partial charge < -0.3 is 10.1 Å². The van der Waals surface area contributed by atoms with Crippen molar-refractivity contribution in [2.24, 2.45) is 0 Å². The Balaban J connectivity index is 0.00000225. The summed E-state index contributed by atoms with van der Waals surface area (Å²) in [6.07, 6.45) is 4.23. The molecule has 0 bridgehead atoms. The normalized spacial score (nSPS) is 11.9. The first kappa shape index (κ1) is 26.1. The van der Waals surface area contributed by atoms with Crippen LogP contribution in [0.2, 0.25) is 0 Å². The van der Waals surface area contributed by atoms with E-state index in [2.05, 4.69) is 15.0 Å². The Morgan fingerprint density at radius 1 is 1.03 bits per heavy atom. The number of aromatic nitrogens is 1. The van der Waals surface area contributed by atoms with Gasteiger partial charge >= 0.3 is 0 Å². The SMILES string of the molecule is COc1ccc(CCNCC(C)NS(=O)(=O)c2ccc3cnccc3c2)cc1.Cl.Cl. The van der Waals surface area contributed by atoms with Gasteiger partial charge in [0.15, 0.2) is 0 Å². The van der Waals surface area contributed by atoms with Crippen LogP contribution in [0.5, 0.6) is 5.75 Å². The number of ether oxygens (including phenoxy) is 1. The minimum absolute atomic E-state index is 0. The van der Waals surface area contributed by atoms with Gasteiger partial charge in [0.05, 0.1) is 12.0 Å². The summed E-state index contributed by atoms with van der Waals surface area (Å²) in [4.78, 5) is 4.31. The lowest BCUT2D eigenvalue weighted by Crippen LogP contribution is -2.40. The van der Waals surface area contributed by atoms with Crippen LogP contribution in [-0.4, -0.2) is 39.6 Å². The van der Waals surface area contributed by atoms with Gasteiger partial charge in [0.25, 0.3) is 0 Å². The second-order valence-corrected chi connectivity index (χ2v) is 8.42. The van der Waals surface area contributed by atoms with Crippen molar-refractivity contribution >= 4 is 45.6 Å². The zero-order valence-electron chi connectivity index (χ0n) is 16.9. The summed E-state index contributed by atoms with van der Waals surface area (Å²) in [6, 6.07) is 14.6. The molecule has 1 unspecified atom stereocenters. The molecular formula is C21H27Cl2N3O3S. The highest BCUT2D eigenvalue weighted by molar-refractivity contribution is 7.89. The van der Waals surface area contributed by atoms with E-state index in [4.69, 9.17) is 4.74 Å². The number of methoxy groups -OCH3 is 1. The Bertz CT molecular complexity index is 1030. The fourth-order valence-corrected chi connectivity index (χ4v) is 4.23. The molecule has 30 heavy (non-hydrogen) atoms. The first-order valence-corrected chi connectivity index (χ1v) is 10.7. The number of benzene rings is 2. The summed E-state index contributed by atoms with van der Waals surface area (Å²) >= 11 is 0. The van der Waals surface area contributed by atoms with Crippen LogP contribution >= 0.6 is 24.8 Å². The molecule has 0 saturated carbocycles. The molecule has 6 nitrogen and oxygen atoms in total. The number of hydrogen-bond donors (Lipinski definition) is 2. The molecule has 164 valence electrons. The third-order valence-corrected chi connectivity index (χ3v) is 6.07. The zero-order chi connectivity index (χ0) is 20.0. The summed E-state index contributed by atoms with van der Waals surface area (Å²) in [7, 11) is -1.93. The molecule has 9 heteroatoms. The van der Waals surface area contributed by atoms with Gasteiger partial charge in [-0.15, -0.1) is 24.8 Å². The van der Waals surface area contributed by atoms with Crippen LogP contribution < -0.4 is 14.8 Å². The molecule has 0 saturated heterocycles. The Hall–Kier alpha value is -1.90. The highest BCUT2D eigenvalue weighted by Crippen LogP contribution is 2.18. The maximum Gasteiger partial charge on any atom is 0.240 e. The number of pyridine rings is 1. The van der Waals surface area contributed by atoms with Crippen molar-refractivity contribution in [3.63, 3.8) is 0 Å². The lowest BCUT2D eigenvalue weighted by molar-refractivity contribution is 0.414. The monoisotopic (exact) mass is 471 g/mol. The molecule has 0 aliphatic heterocycles. The predicted octanol–water partition coefficient (Wildman–Crippen LogP) is 3.59. The number of nitrogens with one attached hydrogen (secondary N) is 2. The van der Waals surface area contributed by atoms with E-state index >= 15 is 0 Å². The molecule has 3 rings (SSSR count). The summed E-state index contributed by atoms with van der Waals surface area (Å²) in [5.74, 6) is 0.838. The van der Waals surface area contributed by atoms with Gasteiger partial charge in [-0.05, 0) is 61.2 Å². The van der Waals surface area contributed by atoms with E-state index in [0.717, 1.165) is 29.5 Å². The average molecular weight is 472 g/mol. The number of nitrogens with zero attached hydrogens (tertiary/aromatic N) is 1. The fraction of sp³-hybridized carbons (Fsp3) is 0.286. The van der Waals surface area contributed by atoms with Crippen LogP contribution in [0.25, 0.3) is 10.8 Å². The molecule has 1 atom stereocenters. The highest BCUT2D eigenvalue weighted by atomic mass is 35.5. The van der Waals surface area contributed by atoms with Crippen LogP contribution in [0.3, 0.4) is 0 Å². The molecule has 0 fully saturated rings. The summed E-state index contributed by atoms with van der Waals surface area (Å²) in [6.45, 7) is 3.16. The van der Waals surface area contributed by atoms with Crippen LogP contribution in [0, 0.1) is 0 Å². The van der Waals surface area contributed by atoms with E-state index in [9.17, 15) is 8.42 Å². The van der Waals surface area contributed by atoms with Crippen molar-refractivity contribution in [2.45, 2.75) is 24.3 Å². The molecule has 2 aromatic carbocycles. The standard InChI is InChI=1S/C21H25N3O3S.2ClH/c1-16(14-22-11-9-17-3-6-20(27-2)7-4-17)24-28(25,26)21-8-5-19-15-23-12-10-18(19)13-21;;/h3-8,10,12-13,15-16,22,24H,9,11,14H2,1-2H3;2*1H. The van der Waals surface area contributed by atoms with Gasteiger partial charge in [-0.25, -0.2) is 13.1 Å². The fourth-order valence-electron chi connectivity index (χ4n) is 2.95. The van der Waals surface area contributed by atoms with Gasteiger partial charge in [-0.1, -0.05) is 18.2 Å². The molecule has 3 aromatic rings. The smallest absolute Gasteiger partial charge is 0.240 e. The molecular weight excluding hydrogens is 445 g/mol. The Labute approximate surface area is 190 Å². The zero-order valence-corrected chi connectivity index (χ0v) is 19.3. The molecule has 1 aromatic heterocycles. The van der Waals surface area contributed by atoms with Gasteiger partial charge in [0.1, 0.15) is 5.75 Å². The summed E-state index contributed by atoms with van der Waals surface area (Å²) in [5.41, 5.74) is 1.20. The maximum atomic E-state index is 12.6. The van der Waals surface area contributed by atoms with Gasteiger partial charge in [0.2, 0.25) is 10.0 Å². The van der Waals surface area contributed by atoms with Crippen molar-refractivity contribution in [2.75, 3.05) is 20.2 Å². The average Bonchev–Trinajstić information content (AvgIpc) is 2.71. The van der Waals surface area contributed by atoms with Crippen LogP contribution in [0.1, 0.15) is 12.5 Å². The Morgan fingerprint density at radius 3 is 2.47 bits per heavy atom. The first-order chi connectivity index (χ1) is 13.5. The molecule has 2 N–H and O–H groups in total. The van der Waals surface area contributed by atoms with E-state index in [1.165, 1.54) is 5.56 Å². The number of fused-ring (bicyclic) bond motifs is 1. The second kappa shape index (κ2) is 12.1. The van der Waals surface area contributed by atoms with Gasteiger partial charge in [0, 0.05) is 30.4 Å². The van der Waals surface area contributed by atoms with Crippen LogP contribution in [0.15, 0.2) is 65.8 Å². The minimum atomic E-state index is -3.57. The number of hydrogen-bond acceptors (Lipinski definition) is 5. The number of halogens is 2. The second-order valence-electron chi connectivity index (χ2n) is 6.71. The van der Waals surface area contributed by atoms with E-state index in [0.29, 0.717) is 6.54 Å². The van der Waals surface area contributed by atoms with Gasteiger partial charge in [-0.3, -0.25) is 4.98 Å². The third kappa shape index (κ3) is 7.11. The van der Waals surface area contributed by atoms with Crippen molar-refractivity contribution in [1.29, 1.82) is 0 Å². The lowest BCUT2D eigenvalue weighted by atomic mass is 10.1.